The van der Waals surface area contributed by atoms with Gasteiger partial charge < -0.3 is 9.47 Å². The average Bonchev–Trinajstić information content (AvgIpc) is 2.99. The van der Waals surface area contributed by atoms with Gasteiger partial charge in [-0.25, -0.2) is 0 Å². The minimum atomic E-state index is 0.119. The Hall–Kier alpha value is -2.60. The van der Waals surface area contributed by atoms with Crippen molar-refractivity contribution in [1.29, 1.82) is 0 Å². The predicted molar refractivity (Wildman–Crippen MR) is 115 cm³/mol. The fourth-order valence-corrected chi connectivity index (χ4v) is 4.51. The summed E-state index contributed by atoms with van der Waals surface area (Å²) in [6.45, 7) is 2.16. The van der Waals surface area contributed by atoms with Crippen LogP contribution in [0.1, 0.15) is 36.2 Å². The van der Waals surface area contributed by atoms with Gasteiger partial charge in [-0.05, 0) is 24.0 Å². The summed E-state index contributed by atoms with van der Waals surface area (Å²) in [4.78, 5) is 15.1. The van der Waals surface area contributed by atoms with E-state index in [9.17, 15) is 4.79 Å². The number of carbonyl (C=O) groups excluding carboxylic acids is 1. The number of hydrogen-bond donors (Lipinski definition) is 0. The van der Waals surface area contributed by atoms with Crippen LogP contribution in [-0.2, 0) is 30.8 Å². The molecule has 0 saturated carbocycles. The van der Waals surface area contributed by atoms with Crippen LogP contribution in [0.3, 0.4) is 0 Å². The molecule has 0 unspecified atom stereocenters. The van der Waals surface area contributed by atoms with Crippen molar-refractivity contribution in [1.82, 2.24) is 19.7 Å². The Labute approximate surface area is 176 Å². The Morgan fingerprint density at radius 1 is 0.897 bits per heavy atom. The van der Waals surface area contributed by atoms with Gasteiger partial charge in [-0.2, -0.15) is 0 Å². The van der Waals surface area contributed by atoms with Crippen LogP contribution in [0.4, 0.5) is 0 Å². The van der Waals surface area contributed by atoms with Crippen LogP contribution in [0.2, 0.25) is 0 Å². The summed E-state index contributed by atoms with van der Waals surface area (Å²) in [5, 5.41) is 9.56. The van der Waals surface area contributed by atoms with Gasteiger partial charge in [-0.15, -0.1) is 10.2 Å². The lowest BCUT2D eigenvalue weighted by Gasteiger charge is -2.23. The molecule has 6 heteroatoms. The molecule has 0 aliphatic carbocycles. The Morgan fingerprint density at radius 2 is 1.55 bits per heavy atom. The zero-order valence-electron chi connectivity index (χ0n) is 16.5. The number of fused-ring (bicyclic) bond motifs is 1. The van der Waals surface area contributed by atoms with Crippen LogP contribution in [0.15, 0.2) is 65.8 Å². The zero-order valence-corrected chi connectivity index (χ0v) is 17.4. The molecule has 0 bridgehead atoms. The molecule has 1 amide bonds. The highest BCUT2D eigenvalue weighted by atomic mass is 32.2. The highest BCUT2D eigenvalue weighted by molar-refractivity contribution is 7.99. The summed E-state index contributed by atoms with van der Waals surface area (Å²) >= 11 is 1.51. The molecule has 3 aromatic rings. The third-order valence-electron chi connectivity index (χ3n) is 5.19. The van der Waals surface area contributed by atoms with Crippen LogP contribution in [0, 0.1) is 0 Å². The van der Waals surface area contributed by atoms with Crippen LogP contribution in [0.25, 0.3) is 0 Å². The normalized spacial score (nSPS) is 13.5. The van der Waals surface area contributed by atoms with E-state index in [1.807, 2.05) is 41.3 Å². The van der Waals surface area contributed by atoms with Crippen molar-refractivity contribution < 1.29 is 4.79 Å². The molecule has 5 nitrogen and oxygen atoms in total. The van der Waals surface area contributed by atoms with E-state index in [-0.39, 0.29) is 5.91 Å². The smallest absolute Gasteiger partial charge is 0.233 e. The molecular weight excluding hydrogens is 380 g/mol. The summed E-state index contributed by atoms with van der Waals surface area (Å²) in [6.07, 6.45) is 4.54. The largest absolute Gasteiger partial charge is 0.333 e. The summed E-state index contributed by atoms with van der Waals surface area (Å²) in [6, 6.07) is 20.3. The molecule has 0 N–H and O–H groups in total. The number of rotatable bonds is 7. The lowest BCUT2D eigenvalue weighted by atomic mass is 10.1. The number of carbonyl (C=O) groups is 1. The first kappa shape index (κ1) is 19.7. The van der Waals surface area contributed by atoms with E-state index in [4.69, 9.17) is 0 Å². The minimum absolute atomic E-state index is 0.119. The SMILES string of the molecule is O=C(CSc1nnc2n1CCCCC2)N(Cc1ccccc1)Cc1ccccc1. The number of nitrogens with zero attached hydrogens (tertiary/aromatic N) is 4. The van der Waals surface area contributed by atoms with Gasteiger partial charge in [-0.1, -0.05) is 78.8 Å². The Bertz CT molecular complexity index is 885. The van der Waals surface area contributed by atoms with Gasteiger partial charge in [-0.3, -0.25) is 4.79 Å². The highest BCUT2D eigenvalue weighted by Crippen LogP contribution is 2.22. The van der Waals surface area contributed by atoms with Crippen LogP contribution in [-0.4, -0.2) is 31.3 Å². The maximum absolute atomic E-state index is 13.1. The molecule has 4 rings (SSSR count). The van der Waals surface area contributed by atoms with Crippen LogP contribution >= 0.6 is 11.8 Å². The molecule has 0 atom stereocenters. The molecule has 0 radical (unpaired) electrons. The second-order valence-electron chi connectivity index (χ2n) is 7.37. The summed E-state index contributed by atoms with van der Waals surface area (Å²) in [5.74, 6) is 1.55. The first-order valence-corrected chi connectivity index (χ1v) is 11.2. The van der Waals surface area contributed by atoms with Crippen molar-refractivity contribution in [3.8, 4) is 0 Å². The zero-order chi connectivity index (χ0) is 19.9. The Morgan fingerprint density at radius 3 is 2.21 bits per heavy atom. The molecule has 0 fully saturated rings. The first-order chi connectivity index (χ1) is 14.3. The second-order valence-corrected chi connectivity index (χ2v) is 8.31. The maximum Gasteiger partial charge on any atom is 0.233 e. The number of aryl methyl sites for hydroxylation is 1. The van der Waals surface area contributed by atoms with Crippen molar-refractivity contribution >= 4 is 17.7 Å². The monoisotopic (exact) mass is 406 g/mol. The van der Waals surface area contributed by atoms with Crippen LogP contribution in [0.5, 0.6) is 0 Å². The van der Waals surface area contributed by atoms with E-state index in [1.54, 1.807) is 0 Å². The van der Waals surface area contributed by atoms with E-state index < -0.39 is 0 Å². The molecule has 0 spiro atoms. The maximum atomic E-state index is 13.1. The Balaban J connectivity index is 1.45. The summed E-state index contributed by atoms with van der Waals surface area (Å²) in [7, 11) is 0. The number of aromatic nitrogens is 3. The van der Waals surface area contributed by atoms with E-state index >= 15 is 0 Å². The highest BCUT2D eigenvalue weighted by Gasteiger charge is 2.19. The second kappa shape index (κ2) is 9.74. The van der Waals surface area contributed by atoms with Gasteiger partial charge in [0.25, 0.3) is 0 Å². The molecule has 1 aliphatic rings. The van der Waals surface area contributed by atoms with Crippen LogP contribution < -0.4 is 0 Å². The van der Waals surface area contributed by atoms with E-state index in [2.05, 4.69) is 39.0 Å². The lowest BCUT2D eigenvalue weighted by molar-refractivity contribution is -0.129. The van der Waals surface area contributed by atoms with Crippen molar-refractivity contribution in [2.75, 3.05) is 5.75 Å². The number of thioether (sulfide) groups is 1. The van der Waals surface area contributed by atoms with Crippen molar-refractivity contribution in [2.45, 2.75) is 50.5 Å². The molecule has 1 aliphatic heterocycles. The van der Waals surface area contributed by atoms with Crippen molar-refractivity contribution in [3.05, 3.63) is 77.6 Å². The third-order valence-corrected chi connectivity index (χ3v) is 6.14. The van der Waals surface area contributed by atoms with E-state index in [1.165, 1.54) is 24.6 Å². The topological polar surface area (TPSA) is 51.0 Å². The van der Waals surface area contributed by atoms with E-state index in [0.717, 1.165) is 41.5 Å². The van der Waals surface area contributed by atoms with E-state index in [0.29, 0.717) is 18.8 Å². The number of amides is 1. The summed E-state index contributed by atoms with van der Waals surface area (Å²) in [5.41, 5.74) is 2.27. The van der Waals surface area contributed by atoms with Gasteiger partial charge in [0.2, 0.25) is 5.91 Å². The Kier molecular flexibility index (Phi) is 6.62. The fraction of sp³-hybridized carbons (Fsp3) is 0.348. The standard InChI is InChI=1S/C23H26N4OS/c28-22(18-29-23-25-24-21-14-8-3-9-15-27(21)23)26(16-19-10-4-1-5-11-19)17-20-12-6-2-7-13-20/h1-2,4-7,10-13H,3,8-9,14-18H2. The molecule has 0 saturated heterocycles. The molecule has 150 valence electrons. The molecule has 29 heavy (non-hydrogen) atoms. The van der Waals surface area contributed by atoms with Gasteiger partial charge in [0.1, 0.15) is 5.82 Å². The van der Waals surface area contributed by atoms with Gasteiger partial charge in [0.15, 0.2) is 5.16 Å². The molecular formula is C23H26N4OS. The number of benzene rings is 2. The van der Waals surface area contributed by atoms with Gasteiger partial charge in [0.05, 0.1) is 5.75 Å². The number of hydrogen-bond acceptors (Lipinski definition) is 4. The van der Waals surface area contributed by atoms with Crippen molar-refractivity contribution in [3.63, 3.8) is 0 Å². The molecule has 1 aromatic heterocycles. The quantitative estimate of drug-likeness (QED) is 0.548. The minimum Gasteiger partial charge on any atom is -0.333 e. The third kappa shape index (κ3) is 5.26. The lowest BCUT2D eigenvalue weighted by Crippen LogP contribution is -2.31. The van der Waals surface area contributed by atoms with Crippen molar-refractivity contribution in [2.24, 2.45) is 0 Å². The molecule has 2 aromatic carbocycles. The predicted octanol–water partition coefficient (Wildman–Crippen LogP) is 4.33. The van der Waals surface area contributed by atoms with Gasteiger partial charge >= 0.3 is 0 Å². The first-order valence-electron chi connectivity index (χ1n) is 10.2. The van der Waals surface area contributed by atoms with Gasteiger partial charge in [0, 0.05) is 26.1 Å². The molecule has 2 heterocycles. The summed E-state index contributed by atoms with van der Waals surface area (Å²) < 4.78 is 2.20. The fourth-order valence-electron chi connectivity index (χ4n) is 3.62. The average molecular weight is 407 g/mol.